The van der Waals surface area contributed by atoms with Gasteiger partial charge in [-0.3, -0.25) is 0 Å². The molecule has 0 radical (unpaired) electrons. The van der Waals surface area contributed by atoms with Gasteiger partial charge in [0.25, 0.3) is 0 Å². The van der Waals surface area contributed by atoms with E-state index in [4.69, 9.17) is 0 Å². The van der Waals surface area contributed by atoms with Crippen LogP contribution in [0, 0.1) is 0 Å². The Morgan fingerprint density at radius 3 is 1.76 bits per heavy atom. The number of hydrogen-bond donors (Lipinski definition) is 1. The van der Waals surface area contributed by atoms with Gasteiger partial charge in [-0.15, -0.1) is 0 Å². The minimum absolute atomic E-state index is 0.319. The Hall–Kier alpha value is -1.76. The molecule has 0 unspecified atom stereocenters. The van der Waals surface area contributed by atoms with Crippen LogP contribution in [0.5, 0.6) is 5.75 Å². The Morgan fingerprint density at radius 2 is 1.29 bits per heavy atom. The van der Waals surface area contributed by atoms with Crippen LogP contribution in [0.4, 0.5) is 0 Å². The molecular weight excluding hydrogens is 208 g/mol. The molecule has 0 aromatic heterocycles. The van der Waals surface area contributed by atoms with Crippen molar-refractivity contribution in [3.05, 3.63) is 54.1 Å². The van der Waals surface area contributed by atoms with Crippen molar-refractivity contribution >= 4 is 0 Å². The Morgan fingerprint density at radius 1 is 0.765 bits per heavy atom. The molecule has 1 nitrogen and oxygen atoms in total. The summed E-state index contributed by atoms with van der Waals surface area (Å²) in [5, 5.41) is 9.26. The quantitative estimate of drug-likeness (QED) is 0.805. The largest absolute Gasteiger partial charge is 0.508 e. The lowest BCUT2D eigenvalue weighted by Gasteiger charge is -2.25. The van der Waals surface area contributed by atoms with Crippen LogP contribution in [0.1, 0.15) is 30.7 Å². The smallest absolute Gasteiger partial charge is 0.115 e. The predicted octanol–water partition coefficient (Wildman–Crippen LogP) is 4.33. The van der Waals surface area contributed by atoms with Gasteiger partial charge < -0.3 is 5.11 Å². The Labute approximate surface area is 102 Å². The molecule has 1 N–H and O–H groups in total. The molecule has 1 aliphatic rings. The minimum Gasteiger partial charge on any atom is -0.508 e. The maximum absolute atomic E-state index is 9.26. The number of rotatable bonds is 2. The van der Waals surface area contributed by atoms with E-state index in [2.05, 4.69) is 24.3 Å². The maximum Gasteiger partial charge on any atom is 0.115 e. The van der Waals surface area contributed by atoms with Crippen LogP contribution in [-0.4, -0.2) is 5.11 Å². The molecule has 3 rings (SSSR count). The summed E-state index contributed by atoms with van der Waals surface area (Å²) in [5.41, 5.74) is 3.84. The van der Waals surface area contributed by atoms with Crippen molar-refractivity contribution in [2.75, 3.05) is 0 Å². The van der Waals surface area contributed by atoms with Crippen molar-refractivity contribution in [1.29, 1.82) is 0 Å². The fourth-order valence-corrected chi connectivity index (χ4v) is 2.34. The Balaban J connectivity index is 1.86. The minimum atomic E-state index is 0.319. The van der Waals surface area contributed by atoms with Gasteiger partial charge >= 0.3 is 0 Å². The fourth-order valence-electron chi connectivity index (χ4n) is 2.34. The summed E-state index contributed by atoms with van der Waals surface area (Å²) < 4.78 is 0. The monoisotopic (exact) mass is 224 g/mol. The number of phenolic OH excluding ortho intramolecular Hbond substituents is 1. The first-order chi connectivity index (χ1) is 8.33. The summed E-state index contributed by atoms with van der Waals surface area (Å²) in [7, 11) is 0. The van der Waals surface area contributed by atoms with Gasteiger partial charge in [0.15, 0.2) is 0 Å². The van der Waals surface area contributed by atoms with E-state index in [0.717, 1.165) is 11.5 Å². The molecule has 2 aromatic carbocycles. The predicted molar refractivity (Wildman–Crippen MR) is 70.1 cm³/mol. The third-order valence-corrected chi connectivity index (χ3v) is 3.69. The maximum atomic E-state index is 9.26. The van der Waals surface area contributed by atoms with Crippen LogP contribution >= 0.6 is 0 Å². The molecule has 0 aliphatic heterocycles. The molecule has 1 heteroatoms. The highest BCUT2D eigenvalue weighted by Gasteiger charge is 2.18. The average Bonchev–Trinajstić information content (AvgIpc) is 2.29. The molecule has 86 valence electrons. The second-order valence-electron chi connectivity index (χ2n) is 4.80. The van der Waals surface area contributed by atoms with Crippen molar-refractivity contribution < 1.29 is 5.11 Å². The van der Waals surface area contributed by atoms with E-state index in [-0.39, 0.29) is 0 Å². The van der Waals surface area contributed by atoms with Crippen LogP contribution in [-0.2, 0) is 0 Å². The van der Waals surface area contributed by atoms with Gasteiger partial charge in [0.2, 0.25) is 0 Å². The van der Waals surface area contributed by atoms with E-state index in [0.29, 0.717) is 5.75 Å². The lowest BCUT2D eigenvalue weighted by atomic mass is 9.80. The van der Waals surface area contributed by atoms with Gasteiger partial charge in [0.05, 0.1) is 0 Å². The number of phenols is 1. The Kier molecular flexibility index (Phi) is 2.60. The van der Waals surface area contributed by atoms with Gasteiger partial charge in [-0.25, -0.2) is 0 Å². The molecule has 0 spiro atoms. The van der Waals surface area contributed by atoms with E-state index in [1.54, 1.807) is 12.1 Å². The molecule has 0 amide bonds. The summed E-state index contributed by atoms with van der Waals surface area (Å²) in [6, 6.07) is 16.2. The van der Waals surface area contributed by atoms with Gasteiger partial charge in [0, 0.05) is 0 Å². The molecular formula is C16H16O. The second kappa shape index (κ2) is 4.25. The van der Waals surface area contributed by atoms with Gasteiger partial charge in [-0.05, 0) is 47.6 Å². The zero-order valence-corrected chi connectivity index (χ0v) is 9.76. The lowest BCUT2D eigenvalue weighted by Crippen LogP contribution is -2.08. The first-order valence-electron chi connectivity index (χ1n) is 6.22. The fraction of sp³-hybridized carbons (Fsp3) is 0.250. The summed E-state index contributed by atoms with van der Waals surface area (Å²) in [6.07, 6.45) is 4.07. The Bertz CT molecular complexity index is 492. The molecule has 0 atom stereocenters. The third-order valence-electron chi connectivity index (χ3n) is 3.69. The second-order valence-corrected chi connectivity index (χ2v) is 4.80. The highest BCUT2D eigenvalue weighted by atomic mass is 16.3. The molecule has 1 saturated carbocycles. The van der Waals surface area contributed by atoms with Crippen molar-refractivity contribution in [3.63, 3.8) is 0 Å². The van der Waals surface area contributed by atoms with Crippen LogP contribution in [0.15, 0.2) is 48.5 Å². The summed E-state index contributed by atoms with van der Waals surface area (Å²) in [4.78, 5) is 0. The molecule has 0 saturated heterocycles. The van der Waals surface area contributed by atoms with Gasteiger partial charge in [-0.1, -0.05) is 42.8 Å². The van der Waals surface area contributed by atoms with Crippen LogP contribution in [0.2, 0.25) is 0 Å². The highest BCUT2D eigenvalue weighted by molar-refractivity contribution is 5.64. The third kappa shape index (κ3) is 2.05. The normalized spacial score (nSPS) is 15.5. The van der Waals surface area contributed by atoms with E-state index < -0.39 is 0 Å². The number of aromatic hydroxyl groups is 1. The highest BCUT2D eigenvalue weighted by Crippen LogP contribution is 2.36. The van der Waals surface area contributed by atoms with E-state index in [9.17, 15) is 5.11 Å². The molecule has 0 bridgehead atoms. The van der Waals surface area contributed by atoms with Crippen molar-refractivity contribution in [3.8, 4) is 16.9 Å². The topological polar surface area (TPSA) is 20.2 Å². The van der Waals surface area contributed by atoms with E-state index in [1.807, 2.05) is 12.1 Å². The van der Waals surface area contributed by atoms with E-state index >= 15 is 0 Å². The summed E-state index contributed by atoms with van der Waals surface area (Å²) in [6.45, 7) is 0. The van der Waals surface area contributed by atoms with Crippen molar-refractivity contribution in [1.82, 2.24) is 0 Å². The molecule has 1 aliphatic carbocycles. The zero-order valence-electron chi connectivity index (χ0n) is 9.76. The van der Waals surface area contributed by atoms with E-state index in [1.165, 1.54) is 30.4 Å². The first kappa shape index (κ1) is 10.4. The summed E-state index contributed by atoms with van der Waals surface area (Å²) in [5.74, 6) is 1.11. The SMILES string of the molecule is Oc1ccc(-c2ccc(C3CCC3)cc2)cc1. The van der Waals surface area contributed by atoms with Crippen LogP contribution in [0.25, 0.3) is 11.1 Å². The van der Waals surface area contributed by atoms with Crippen molar-refractivity contribution in [2.45, 2.75) is 25.2 Å². The van der Waals surface area contributed by atoms with Crippen LogP contribution in [0.3, 0.4) is 0 Å². The van der Waals surface area contributed by atoms with Crippen LogP contribution < -0.4 is 0 Å². The van der Waals surface area contributed by atoms with Gasteiger partial charge in [-0.2, -0.15) is 0 Å². The summed E-state index contributed by atoms with van der Waals surface area (Å²) >= 11 is 0. The molecule has 2 aromatic rings. The number of hydrogen-bond acceptors (Lipinski definition) is 1. The molecule has 17 heavy (non-hydrogen) atoms. The van der Waals surface area contributed by atoms with Crippen molar-refractivity contribution in [2.24, 2.45) is 0 Å². The molecule has 1 fully saturated rings. The zero-order chi connectivity index (χ0) is 11.7. The number of benzene rings is 2. The first-order valence-corrected chi connectivity index (χ1v) is 6.22. The standard InChI is InChI=1S/C16H16O/c17-16-10-8-15(9-11-16)14-6-4-13(5-7-14)12-2-1-3-12/h4-12,17H,1-3H2. The van der Waals surface area contributed by atoms with Gasteiger partial charge in [0.1, 0.15) is 5.75 Å². The average molecular weight is 224 g/mol. The molecule has 0 heterocycles. The lowest BCUT2D eigenvalue weighted by molar-refractivity contribution is 0.420.